The number of phenols is 1. The second kappa shape index (κ2) is 7.05. The highest BCUT2D eigenvalue weighted by Crippen LogP contribution is 2.34. The highest BCUT2D eigenvalue weighted by atomic mass is 35.5. The van der Waals surface area contributed by atoms with Gasteiger partial charge in [0, 0.05) is 28.8 Å². The quantitative estimate of drug-likeness (QED) is 0.358. The van der Waals surface area contributed by atoms with Crippen molar-refractivity contribution in [3.63, 3.8) is 0 Å². The number of non-ortho nitro benzene ring substituents is 1. The van der Waals surface area contributed by atoms with Crippen LogP contribution in [0.25, 0.3) is 0 Å². The van der Waals surface area contributed by atoms with E-state index in [9.17, 15) is 34.9 Å². The Balaban J connectivity index is 2.26. The molecule has 1 N–H and O–H groups in total. The van der Waals surface area contributed by atoms with Gasteiger partial charge >= 0.3 is 5.69 Å². The van der Waals surface area contributed by atoms with Crippen molar-refractivity contribution in [3.05, 3.63) is 72.8 Å². The van der Waals surface area contributed by atoms with Crippen LogP contribution >= 0.6 is 11.6 Å². The van der Waals surface area contributed by atoms with Gasteiger partial charge in [0.05, 0.1) is 21.8 Å². The van der Waals surface area contributed by atoms with E-state index in [1.54, 1.807) is 0 Å². The van der Waals surface area contributed by atoms with Gasteiger partial charge in [0.25, 0.3) is 5.69 Å². The number of benzene rings is 2. The topological polar surface area (TPSA) is 141 Å². The predicted molar refractivity (Wildman–Crippen MR) is 86.1 cm³/mol. The first kappa shape index (κ1) is 18.0. The van der Waals surface area contributed by atoms with Gasteiger partial charge in [0.2, 0.25) is 5.75 Å². The molecule has 0 aromatic heterocycles. The molecule has 0 bridgehead atoms. The van der Waals surface area contributed by atoms with E-state index >= 15 is 0 Å². The maximum absolute atomic E-state index is 12.2. The summed E-state index contributed by atoms with van der Waals surface area (Å²) in [7, 11) is 0. The summed E-state index contributed by atoms with van der Waals surface area (Å²) >= 11 is 5.69. The Labute approximate surface area is 144 Å². The highest BCUT2D eigenvalue weighted by molar-refractivity contribution is 6.31. The normalized spacial score (nSPS) is 10.3. The van der Waals surface area contributed by atoms with Crippen LogP contribution in [0, 0.1) is 20.2 Å². The first-order valence-electron chi connectivity index (χ1n) is 6.68. The number of aromatic hydroxyl groups is 1. The summed E-state index contributed by atoms with van der Waals surface area (Å²) in [6.45, 7) is 0. The first-order valence-corrected chi connectivity index (χ1v) is 7.06. The predicted octanol–water partition coefficient (Wildman–Crippen LogP) is 3.32. The lowest BCUT2D eigenvalue weighted by molar-refractivity contribution is -0.385. The molecule has 128 valence electrons. The minimum atomic E-state index is -0.907. The van der Waals surface area contributed by atoms with Gasteiger partial charge in [-0.15, -0.1) is 0 Å². The number of ketones is 2. The molecule has 10 heteroatoms. The monoisotopic (exact) mass is 364 g/mol. The van der Waals surface area contributed by atoms with Crippen molar-refractivity contribution in [2.24, 2.45) is 0 Å². The molecular weight excluding hydrogens is 356 g/mol. The molecule has 25 heavy (non-hydrogen) atoms. The smallest absolute Gasteiger partial charge is 0.312 e. The summed E-state index contributed by atoms with van der Waals surface area (Å²) in [6.07, 6.45) is -0.692. The van der Waals surface area contributed by atoms with Crippen LogP contribution in [0.15, 0.2) is 36.4 Å². The largest absolute Gasteiger partial charge is 0.502 e. The van der Waals surface area contributed by atoms with Crippen molar-refractivity contribution in [2.45, 2.75) is 6.42 Å². The molecular formula is C15H9ClN2O7. The molecule has 0 fully saturated rings. The lowest BCUT2D eigenvalue weighted by Crippen LogP contribution is -2.09. The fourth-order valence-corrected chi connectivity index (χ4v) is 2.26. The molecule has 0 radical (unpaired) electrons. The Morgan fingerprint density at radius 2 is 1.60 bits per heavy atom. The van der Waals surface area contributed by atoms with Gasteiger partial charge in [0.1, 0.15) is 0 Å². The minimum Gasteiger partial charge on any atom is -0.502 e. The third-order valence-corrected chi connectivity index (χ3v) is 3.49. The molecule has 0 unspecified atom stereocenters. The average molecular weight is 365 g/mol. The van der Waals surface area contributed by atoms with Crippen LogP contribution in [0.3, 0.4) is 0 Å². The number of hydrogen-bond acceptors (Lipinski definition) is 7. The number of hydrogen-bond donors (Lipinski definition) is 1. The molecule has 0 aliphatic carbocycles. The number of carbonyl (C=O) groups is 2. The van der Waals surface area contributed by atoms with E-state index in [2.05, 4.69) is 0 Å². The number of nitrogens with zero attached hydrogens (tertiary/aromatic N) is 2. The molecule has 2 aromatic carbocycles. The van der Waals surface area contributed by atoms with E-state index < -0.39 is 44.8 Å². The molecule has 0 heterocycles. The van der Waals surface area contributed by atoms with Crippen LogP contribution in [-0.2, 0) is 0 Å². The Morgan fingerprint density at radius 3 is 2.12 bits per heavy atom. The van der Waals surface area contributed by atoms with E-state index in [-0.39, 0.29) is 16.3 Å². The summed E-state index contributed by atoms with van der Waals surface area (Å²) in [6, 6.07) is 6.50. The van der Waals surface area contributed by atoms with E-state index in [0.717, 1.165) is 24.3 Å². The highest BCUT2D eigenvalue weighted by Gasteiger charge is 2.24. The molecule has 0 saturated carbocycles. The van der Waals surface area contributed by atoms with E-state index in [1.807, 2.05) is 0 Å². The van der Waals surface area contributed by atoms with Crippen molar-refractivity contribution in [1.29, 1.82) is 0 Å². The molecule has 0 spiro atoms. The second-order valence-corrected chi connectivity index (χ2v) is 5.34. The van der Waals surface area contributed by atoms with Gasteiger partial charge in [-0.25, -0.2) is 0 Å². The van der Waals surface area contributed by atoms with Crippen LogP contribution in [-0.4, -0.2) is 26.5 Å². The third kappa shape index (κ3) is 3.96. The lowest BCUT2D eigenvalue weighted by atomic mass is 10.00. The zero-order valence-corrected chi connectivity index (χ0v) is 13.1. The van der Waals surface area contributed by atoms with E-state index in [1.165, 1.54) is 12.1 Å². The summed E-state index contributed by atoms with van der Waals surface area (Å²) in [5.74, 6) is -2.41. The molecule has 0 aliphatic heterocycles. The zero-order chi connectivity index (χ0) is 18.7. The van der Waals surface area contributed by atoms with Crippen LogP contribution in [0.2, 0.25) is 5.02 Å². The molecule has 0 atom stereocenters. The van der Waals surface area contributed by atoms with Gasteiger partial charge in [-0.05, 0) is 18.2 Å². The van der Waals surface area contributed by atoms with Crippen LogP contribution in [0.5, 0.6) is 5.75 Å². The van der Waals surface area contributed by atoms with Crippen LogP contribution in [0.4, 0.5) is 11.4 Å². The van der Waals surface area contributed by atoms with Gasteiger partial charge < -0.3 is 5.11 Å². The zero-order valence-electron chi connectivity index (χ0n) is 12.3. The van der Waals surface area contributed by atoms with E-state index in [4.69, 9.17) is 11.6 Å². The number of nitro benzene ring substituents is 2. The molecule has 0 saturated heterocycles. The van der Waals surface area contributed by atoms with Crippen molar-refractivity contribution in [1.82, 2.24) is 0 Å². The van der Waals surface area contributed by atoms with Crippen molar-refractivity contribution < 1.29 is 24.5 Å². The summed E-state index contributed by atoms with van der Waals surface area (Å²) in [5.41, 5.74) is -1.37. The molecule has 0 amide bonds. The number of rotatable bonds is 6. The van der Waals surface area contributed by atoms with Crippen LogP contribution < -0.4 is 0 Å². The summed E-state index contributed by atoms with van der Waals surface area (Å²) in [4.78, 5) is 44.1. The van der Waals surface area contributed by atoms with Crippen LogP contribution in [0.1, 0.15) is 27.1 Å². The van der Waals surface area contributed by atoms with Gasteiger partial charge in [0.15, 0.2) is 11.6 Å². The van der Waals surface area contributed by atoms with Crippen molar-refractivity contribution in [3.8, 4) is 5.75 Å². The number of carbonyl (C=O) groups excluding carboxylic acids is 2. The Kier molecular flexibility index (Phi) is 5.08. The Bertz CT molecular complexity index is 893. The fraction of sp³-hybridized carbons (Fsp3) is 0.0667. The second-order valence-electron chi connectivity index (χ2n) is 4.91. The van der Waals surface area contributed by atoms with Crippen molar-refractivity contribution in [2.75, 3.05) is 0 Å². The molecule has 0 aliphatic rings. The maximum atomic E-state index is 12.2. The minimum absolute atomic E-state index is 0.0509. The molecule has 9 nitrogen and oxygen atoms in total. The Morgan fingerprint density at radius 1 is 1.00 bits per heavy atom. The van der Waals surface area contributed by atoms with Crippen molar-refractivity contribution >= 4 is 34.5 Å². The number of phenolic OH excluding ortho intramolecular Hbond substituents is 1. The van der Waals surface area contributed by atoms with E-state index in [0.29, 0.717) is 0 Å². The summed E-state index contributed by atoms with van der Waals surface area (Å²) < 4.78 is 0. The standard InChI is InChI=1S/C15H9ClN2O7/c16-9-5-11(15(21)12(6-9)18(24)25)14(20)7-13(19)8-1-3-10(4-2-8)17(22)23/h1-6,21H,7H2. The third-order valence-electron chi connectivity index (χ3n) is 3.27. The van der Waals surface area contributed by atoms with Gasteiger partial charge in [-0.1, -0.05) is 11.6 Å². The lowest BCUT2D eigenvalue weighted by Gasteiger charge is -2.05. The van der Waals surface area contributed by atoms with Gasteiger partial charge in [-0.2, -0.15) is 0 Å². The number of halogens is 1. The SMILES string of the molecule is O=C(CC(=O)c1cc(Cl)cc([N+](=O)[O-])c1O)c1ccc([N+](=O)[O-])cc1. The number of nitro groups is 2. The molecule has 2 rings (SSSR count). The fourth-order valence-electron chi connectivity index (χ4n) is 2.05. The average Bonchev–Trinajstić information content (AvgIpc) is 2.56. The first-order chi connectivity index (χ1) is 11.7. The number of Topliss-reactive ketones (excluding diaryl/α,β-unsaturated/α-hetero) is 2. The maximum Gasteiger partial charge on any atom is 0.312 e. The Hall–Kier alpha value is -3.33. The summed E-state index contributed by atoms with van der Waals surface area (Å²) in [5, 5.41) is 31.1. The molecule has 2 aromatic rings. The van der Waals surface area contributed by atoms with Gasteiger partial charge in [-0.3, -0.25) is 29.8 Å².